The highest BCUT2D eigenvalue weighted by Crippen LogP contribution is 2.41. The molecule has 12 aromatic rings. The monoisotopic (exact) mass is 764 g/mol. The molecule has 4 nitrogen and oxygen atoms in total. The maximum absolute atomic E-state index is 5.27. The van der Waals surface area contributed by atoms with Crippen LogP contribution in [0.25, 0.3) is 111 Å². The van der Waals surface area contributed by atoms with Crippen molar-refractivity contribution >= 4 is 54.4 Å². The average Bonchev–Trinajstić information content (AvgIpc) is 3.83. The Balaban J connectivity index is 1.03. The van der Waals surface area contributed by atoms with Crippen LogP contribution in [-0.4, -0.2) is 19.1 Å². The fourth-order valence-corrected chi connectivity index (χ4v) is 9.11. The van der Waals surface area contributed by atoms with Crippen LogP contribution < -0.4 is 0 Å². The van der Waals surface area contributed by atoms with Crippen molar-refractivity contribution in [2.24, 2.45) is 0 Å². The van der Waals surface area contributed by atoms with Gasteiger partial charge >= 0.3 is 0 Å². The Morgan fingerprint density at radius 1 is 0.283 bits per heavy atom. The van der Waals surface area contributed by atoms with Gasteiger partial charge in [-0.25, -0.2) is 9.97 Å². The second-order valence-corrected chi connectivity index (χ2v) is 15.4. The Bertz CT molecular complexity index is 3580. The second kappa shape index (κ2) is 13.8. The molecule has 60 heavy (non-hydrogen) atoms. The molecule has 0 saturated carbocycles. The van der Waals surface area contributed by atoms with Crippen LogP contribution >= 0.6 is 0 Å². The Morgan fingerprint density at radius 3 is 1.52 bits per heavy atom. The maximum atomic E-state index is 5.27. The third kappa shape index (κ3) is 5.53. The zero-order valence-electron chi connectivity index (χ0n) is 32.6. The smallest absolute Gasteiger partial charge is 0.160 e. The molecular weight excluding hydrogens is 729 g/mol. The van der Waals surface area contributed by atoms with E-state index < -0.39 is 0 Å². The van der Waals surface area contributed by atoms with Gasteiger partial charge in [0, 0.05) is 49.6 Å². The van der Waals surface area contributed by atoms with Crippen LogP contribution in [-0.2, 0) is 0 Å². The van der Waals surface area contributed by atoms with E-state index in [1.807, 2.05) is 6.07 Å². The maximum Gasteiger partial charge on any atom is 0.160 e. The van der Waals surface area contributed by atoms with Gasteiger partial charge in [0.1, 0.15) is 0 Å². The van der Waals surface area contributed by atoms with Crippen LogP contribution in [0, 0.1) is 0 Å². The minimum Gasteiger partial charge on any atom is -0.309 e. The molecule has 9 aromatic carbocycles. The van der Waals surface area contributed by atoms with Gasteiger partial charge in [-0.1, -0.05) is 152 Å². The van der Waals surface area contributed by atoms with Crippen molar-refractivity contribution in [1.29, 1.82) is 0 Å². The highest BCUT2D eigenvalue weighted by atomic mass is 15.0. The molecule has 0 fully saturated rings. The number of aromatic nitrogens is 4. The van der Waals surface area contributed by atoms with Crippen molar-refractivity contribution in [3.63, 3.8) is 0 Å². The van der Waals surface area contributed by atoms with Crippen LogP contribution in [0.5, 0.6) is 0 Å². The molecule has 3 heterocycles. The minimum absolute atomic E-state index is 0.685. The topological polar surface area (TPSA) is 35.6 Å². The van der Waals surface area contributed by atoms with Gasteiger partial charge in [0.25, 0.3) is 0 Å². The van der Waals surface area contributed by atoms with Gasteiger partial charge in [-0.3, -0.25) is 0 Å². The molecule has 0 spiro atoms. The van der Waals surface area contributed by atoms with E-state index in [1.165, 1.54) is 43.4 Å². The summed E-state index contributed by atoms with van der Waals surface area (Å²) >= 11 is 0. The molecule has 0 atom stereocenters. The van der Waals surface area contributed by atoms with Crippen LogP contribution in [0.15, 0.2) is 218 Å². The third-order valence-corrected chi connectivity index (χ3v) is 11.9. The first-order valence-electron chi connectivity index (χ1n) is 20.4. The number of nitrogens with zero attached hydrogens (tertiary/aromatic N) is 4. The highest BCUT2D eigenvalue weighted by Gasteiger charge is 2.19. The molecule has 0 saturated heterocycles. The molecule has 0 unspecified atom stereocenters. The Morgan fingerprint density at radius 2 is 0.817 bits per heavy atom. The van der Waals surface area contributed by atoms with E-state index in [0.717, 1.165) is 61.6 Å². The van der Waals surface area contributed by atoms with E-state index in [9.17, 15) is 0 Å². The number of hydrogen-bond acceptors (Lipinski definition) is 2. The number of hydrogen-bond donors (Lipinski definition) is 0. The summed E-state index contributed by atoms with van der Waals surface area (Å²) in [5, 5.41) is 7.39. The van der Waals surface area contributed by atoms with Crippen molar-refractivity contribution in [2.75, 3.05) is 0 Å². The number of fused-ring (bicyclic) bond motifs is 7. The van der Waals surface area contributed by atoms with Crippen LogP contribution in [0.2, 0.25) is 0 Å². The molecule has 4 heteroatoms. The Labute approximate surface area is 346 Å². The summed E-state index contributed by atoms with van der Waals surface area (Å²) in [5.41, 5.74) is 14.0. The summed E-state index contributed by atoms with van der Waals surface area (Å²) in [6.45, 7) is 0. The summed E-state index contributed by atoms with van der Waals surface area (Å²) in [6, 6.07) is 77.9. The first-order chi connectivity index (χ1) is 29.7. The van der Waals surface area contributed by atoms with Crippen molar-refractivity contribution in [3.05, 3.63) is 218 Å². The Kier molecular flexibility index (Phi) is 7.82. The number of para-hydroxylation sites is 2. The van der Waals surface area contributed by atoms with E-state index in [4.69, 9.17) is 9.97 Å². The third-order valence-electron chi connectivity index (χ3n) is 11.9. The molecule has 0 bridgehead atoms. The molecule has 0 aliphatic heterocycles. The van der Waals surface area contributed by atoms with E-state index in [1.54, 1.807) is 0 Å². The first kappa shape index (κ1) is 34.0. The molecule has 0 amide bonds. The largest absolute Gasteiger partial charge is 0.309 e. The van der Waals surface area contributed by atoms with Gasteiger partial charge in [0.05, 0.1) is 33.5 Å². The lowest BCUT2D eigenvalue weighted by atomic mass is 9.96. The van der Waals surface area contributed by atoms with Crippen LogP contribution in [0.3, 0.4) is 0 Å². The standard InChI is InChI=1S/C56H36N4/c1-3-16-38(17-4-1)44-21-9-10-22-45(44)51-35-50(39-18-5-2-6-19-39)57-56(58-51)40-28-30-42(31-29-40)59-52-25-13-11-23-46(52)48-34-49-47-24-12-14-26-53(47)60(55(49)36-54(48)59)43-32-27-37-15-7-8-20-41(37)33-43/h1-36H. The lowest BCUT2D eigenvalue weighted by molar-refractivity contribution is 1.16. The Hall–Kier alpha value is -8.08. The molecule has 0 N–H and O–H groups in total. The first-order valence-corrected chi connectivity index (χ1v) is 20.4. The van der Waals surface area contributed by atoms with Crippen molar-refractivity contribution in [2.45, 2.75) is 0 Å². The minimum atomic E-state index is 0.685. The summed E-state index contributed by atoms with van der Waals surface area (Å²) < 4.78 is 4.82. The molecule has 280 valence electrons. The van der Waals surface area contributed by atoms with Gasteiger partial charge in [-0.15, -0.1) is 0 Å². The fraction of sp³-hybridized carbons (Fsp3) is 0. The molecule has 0 aliphatic carbocycles. The average molecular weight is 765 g/mol. The lowest BCUT2D eigenvalue weighted by Crippen LogP contribution is -1.98. The van der Waals surface area contributed by atoms with Gasteiger partial charge in [0.2, 0.25) is 0 Å². The van der Waals surface area contributed by atoms with Gasteiger partial charge in [-0.2, -0.15) is 0 Å². The van der Waals surface area contributed by atoms with Crippen molar-refractivity contribution < 1.29 is 0 Å². The molecule has 0 aliphatic rings. The van der Waals surface area contributed by atoms with Crippen LogP contribution in [0.4, 0.5) is 0 Å². The van der Waals surface area contributed by atoms with E-state index >= 15 is 0 Å². The van der Waals surface area contributed by atoms with Crippen LogP contribution in [0.1, 0.15) is 0 Å². The number of benzene rings is 9. The zero-order valence-corrected chi connectivity index (χ0v) is 32.6. The van der Waals surface area contributed by atoms with E-state index in [0.29, 0.717) is 5.82 Å². The summed E-state index contributed by atoms with van der Waals surface area (Å²) in [7, 11) is 0. The quantitative estimate of drug-likeness (QED) is 0.169. The molecular formula is C56H36N4. The normalized spacial score (nSPS) is 11.7. The molecule has 0 radical (unpaired) electrons. The van der Waals surface area contributed by atoms with E-state index in [-0.39, 0.29) is 0 Å². The van der Waals surface area contributed by atoms with Crippen molar-refractivity contribution in [3.8, 4) is 56.4 Å². The second-order valence-electron chi connectivity index (χ2n) is 15.4. The summed E-state index contributed by atoms with van der Waals surface area (Å²) in [4.78, 5) is 10.5. The SMILES string of the molecule is c1ccc(-c2cc(-c3ccccc3-c3ccccc3)nc(-c3ccc(-n4c5ccccc5c5cc6c7ccccc7n(-c7ccc8ccccc8c7)c6cc54)cc3)n2)cc1. The summed E-state index contributed by atoms with van der Waals surface area (Å²) in [5.74, 6) is 0.685. The van der Waals surface area contributed by atoms with Gasteiger partial charge in [0.15, 0.2) is 5.82 Å². The molecule has 12 rings (SSSR count). The van der Waals surface area contributed by atoms with E-state index in [2.05, 4.69) is 221 Å². The highest BCUT2D eigenvalue weighted by molar-refractivity contribution is 6.19. The molecule has 3 aromatic heterocycles. The summed E-state index contributed by atoms with van der Waals surface area (Å²) in [6.07, 6.45) is 0. The zero-order chi connectivity index (χ0) is 39.6. The van der Waals surface area contributed by atoms with Gasteiger partial charge in [-0.05, 0) is 88.6 Å². The fourth-order valence-electron chi connectivity index (χ4n) is 9.11. The lowest BCUT2D eigenvalue weighted by Gasteiger charge is -2.14. The predicted octanol–water partition coefficient (Wildman–Crippen LogP) is 14.5. The number of rotatable bonds is 6. The van der Waals surface area contributed by atoms with Gasteiger partial charge < -0.3 is 9.13 Å². The predicted molar refractivity (Wildman–Crippen MR) is 250 cm³/mol. The van der Waals surface area contributed by atoms with Crippen molar-refractivity contribution in [1.82, 2.24) is 19.1 Å².